The van der Waals surface area contributed by atoms with Crippen LogP contribution in [0.1, 0.15) is 458 Å². The molecule has 103 heavy (non-hydrogen) atoms. The zero-order chi connectivity index (χ0) is 75.3. The van der Waals surface area contributed by atoms with Gasteiger partial charge in [0.15, 0.2) is 12.2 Å². The van der Waals surface area contributed by atoms with E-state index in [1.807, 2.05) is 0 Å². The Hall–Kier alpha value is -1.94. The molecule has 0 rings (SSSR count). The quantitative estimate of drug-likeness (QED) is 0.0222. The molecule has 0 bridgehead atoms. The first-order chi connectivity index (χ1) is 50.2. The fraction of sp³-hybridized carbons (Fsp3) is 0.952. The number of esters is 4. The van der Waals surface area contributed by atoms with Crippen molar-refractivity contribution in [2.45, 2.75) is 476 Å². The summed E-state index contributed by atoms with van der Waals surface area (Å²) in [5.74, 6) is -2.10. The Balaban J connectivity index is 5.21. The molecule has 0 aromatic carbocycles. The van der Waals surface area contributed by atoms with Gasteiger partial charge in [0.1, 0.15) is 19.3 Å². The molecule has 0 amide bonds. The molecule has 0 aliphatic rings. The number of ether oxygens (including phenoxy) is 4. The summed E-state index contributed by atoms with van der Waals surface area (Å²) in [7, 11) is -9.92. The number of hydrogen-bond acceptors (Lipinski definition) is 15. The van der Waals surface area contributed by atoms with Gasteiger partial charge in [-0.3, -0.25) is 37.3 Å². The molecule has 0 aromatic rings. The minimum Gasteiger partial charge on any atom is -0.462 e. The topological polar surface area (TPSA) is 237 Å². The first-order valence-electron chi connectivity index (χ1n) is 43.8. The van der Waals surface area contributed by atoms with Crippen LogP contribution in [0, 0.1) is 0 Å². The van der Waals surface area contributed by atoms with Gasteiger partial charge in [-0.2, -0.15) is 0 Å². The van der Waals surface area contributed by atoms with E-state index in [9.17, 15) is 43.2 Å². The third-order valence-electron chi connectivity index (χ3n) is 19.9. The zero-order valence-corrected chi connectivity index (χ0v) is 69.1. The van der Waals surface area contributed by atoms with Crippen molar-refractivity contribution < 1.29 is 80.2 Å². The van der Waals surface area contributed by atoms with Gasteiger partial charge in [-0.25, -0.2) is 9.13 Å². The summed E-state index contributed by atoms with van der Waals surface area (Å²) in [5, 5.41) is 10.7. The van der Waals surface area contributed by atoms with Gasteiger partial charge in [0.2, 0.25) is 0 Å². The van der Waals surface area contributed by atoms with E-state index in [0.717, 1.165) is 89.9 Å². The molecule has 612 valence electrons. The molecule has 0 heterocycles. The third-order valence-corrected chi connectivity index (χ3v) is 21.8. The van der Waals surface area contributed by atoms with Gasteiger partial charge in [-0.1, -0.05) is 407 Å². The van der Waals surface area contributed by atoms with Crippen molar-refractivity contribution in [3.63, 3.8) is 0 Å². The van der Waals surface area contributed by atoms with Crippen LogP contribution in [0.2, 0.25) is 0 Å². The van der Waals surface area contributed by atoms with Crippen LogP contribution in [0.5, 0.6) is 0 Å². The number of phosphoric ester groups is 2. The lowest BCUT2D eigenvalue weighted by molar-refractivity contribution is -0.161. The van der Waals surface area contributed by atoms with Gasteiger partial charge in [0.25, 0.3) is 0 Å². The smallest absolute Gasteiger partial charge is 0.462 e. The summed E-state index contributed by atoms with van der Waals surface area (Å²) in [5.41, 5.74) is 0. The Labute approximate surface area is 632 Å². The van der Waals surface area contributed by atoms with Crippen LogP contribution in [-0.2, 0) is 65.4 Å². The molecule has 0 aliphatic heterocycles. The first-order valence-corrected chi connectivity index (χ1v) is 46.8. The third kappa shape index (κ3) is 78.0. The highest BCUT2D eigenvalue weighted by atomic mass is 31.2. The van der Waals surface area contributed by atoms with Crippen LogP contribution in [0.4, 0.5) is 0 Å². The Morgan fingerprint density at radius 1 is 0.233 bits per heavy atom. The average molecular weight is 1510 g/mol. The predicted molar refractivity (Wildman–Crippen MR) is 423 cm³/mol. The molecule has 0 aromatic heterocycles. The average Bonchev–Trinajstić information content (AvgIpc) is 0.911. The fourth-order valence-corrected chi connectivity index (χ4v) is 14.7. The number of rotatable bonds is 85. The van der Waals surface area contributed by atoms with Crippen molar-refractivity contribution in [3.8, 4) is 0 Å². The van der Waals surface area contributed by atoms with Crippen molar-refractivity contribution in [1.82, 2.24) is 0 Å². The van der Waals surface area contributed by atoms with Gasteiger partial charge in [0, 0.05) is 25.7 Å². The molecule has 0 aliphatic carbocycles. The van der Waals surface area contributed by atoms with E-state index in [0.29, 0.717) is 25.7 Å². The summed E-state index contributed by atoms with van der Waals surface area (Å²) in [6.45, 7) is 5.04. The summed E-state index contributed by atoms with van der Waals surface area (Å²) in [6.07, 6.45) is 72.2. The van der Waals surface area contributed by atoms with E-state index < -0.39 is 97.5 Å². The van der Waals surface area contributed by atoms with E-state index in [4.69, 9.17) is 37.0 Å². The normalized spacial score (nSPS) is 13.7. The van der Waals surface area contributed by atoms with Crippen LogP contribution in [0.15, 0.2) is 0 Å². The maximum Gasteiger partial charge on any atom is 0.472 e. The molecule has 19 heteroatoms. The van der Waals surface area contributed by atoms with Crippen molar-refractivity contribution in [2.24, 2.45) is 0 Å². The molecule has 0 fully saturated rings. The second-order valence-electron chi connectivity index (χ2n) is 30.2. The minimum atomic E-state index is -4.96. The lowest BCUT2D eigenvalue weighted by Gasteiger charge is -2.21. The maximum absolute atomic E-state index is 13.1. The highest BCUT2D eigenvalue weighted by Crippen LogP contribution is 2.45. The van der Waals surface area contributed by atoms with E-state index in [-0.39, 0.29) is 25.7 Å². The number of phosphoric acid groups is 2. The van der Waals surface area contributed by atoms with Crippen LogP contribution in [0.25, 0.3) is 0 Å². The lowest BCUT2D eigenvalue weighted by Crippen LogP contribution is -2.30. The van der Waals surface area contributed by atoms with Gasteiger partial charge in [0.05, 0.1) is 26.4 Å². The SMILES string of the molecule is CCCCCCCCCCCCCCCCCCCCCCC(=O)OC[C@H](COP(=O)(O)OC[C@@H](O)COP(=O)(O)OC[C@@H](COC(=O)CCCCCCCCCCCCC)OC(=O)CCCCCCCCCCCCCC)OC(=O)CCCCCCCCCCCCCCCCCCCCCC. The second kappa shape index (κ2) is 78.2. The number of unbranched alkanes of at least 4 members (excludes halogenated alkanes) is 59. The summed E-state index contributed by atoms with van der Waals surface area (Å²) in [6, 6.07) is 0. The Morgan fingerprint density at radius 3 is 0.573 bits per heavy atom. The van der Waals surface area contributed by atoms with Gasteiger partial charge in [-0.05, 0) is 25.7 Å². The molecule has 17 nitrogen and oxygen atoms in total. The standard InChI is InChI=1S/C84H164O17P2/c1-5-9-13-17-21-25-29-32-34-36-38-40-42-44-46-50-53-57-61-65-69-82(87)95-75-80(101-84(89)71-67-63-59-55-51-47-45-43-41-39-37-35-33-30-26-22-18-14-10-6-2)77-99-103(92,93)97-73-78(85)72-96-102(90,91)98-76-79(74-94-81(86)68-64-60-56-52-48-28-24-20-16-12-8-4)100-83(88)70-66-62-58-54-49-31-27-23-19-15-11-7-3/h78-80,85H,5-77H2,1-4H3,(H,90,91)(H,92,93)/t78-,79+,80+/m0/s1. The van der Waals surface area contributed by atoms with E-state index >= 15 is 0 Å². The fourth-order valence-electron chi connectivity index (χ4n) is 13.2. The molecule has 0 radical (unpaired) electrons. The summed E-state index contributed by atoms with van der Waals surface area (Å²) < 4.78 is 68.8. The highest BCUT2D eigenvalue weighted by Gasteiger charge is 2.30. The zero-order valence-electron chi connectivity index (χ0n) is 67.3. The van der Waals surface area contributed by atoms with Crippen LogP contribution in [-0.4, -0.2) is 96.7 Å². The largest absolute Gasteiger partial charge is 0.472 e. The van der Waals surface area contributed by atoms with Gasteiger partial charge < -0.3 is 33.8 Å². The summed E-state index contributed by atoms with van der Waals surface area (Å²) in [4.78, 5) is 73.1. The molecular formula is C84H164O17P2. The van der Waals surface area contributed by atoms with Crippen molar-refractivity contribution in [1.29, 1.82) is 0 Å². The van der Waals surface area contributed by atoms with Gasteiger partial charge in [-0.15, -0.1) is 0 Å². The number of aliphatic hydroxyl groups excluding tert-OH is 1. The molecule has 0 saturated carbocycles. The Morgan fingerprint density at radius 2 is 0.388 bits per heavy atom. The highest BCUT2D eigenvalue weighted by molar-refractivity contribution is 7.47. The maximum atomic E-state index is 13.1. The minimum absolute atomic E-state index is 0.108. The number of carbonyl (C=O) groups is 4. The van der Waals surface area contributed by atoms with E-state index in [1.165, 1.54) is 289 Å². The predicted octanol–water partition coefficient (Wildman–Crippen LogP) is 25.7. The molecule has 3 N–H and O–H groups in total. The Bertz CT molecular complexity index is 1950. The van der Waals surface area contributed by atoms with E-state index in [1.54, 1.807) is 0 Å². The molecule has 2 unspecified atom stereocenters. The van der Waals surface area contributed by atoms with Crippen molar-refractivity contribution in [3.05, 3.63) is 0 Å². The molecule has 0 saturated heterocycles. The van der Waals surface area contributed by atoms with E-state index in [2.05, 4.69) is 27.7 Å². The first kappa shape index (κ1) is 101. The molecular weight excluding hydrogens is 1340 g/mol. The van der Waals surface area contributed by atoms with Crippen LogP contribution in [0.3, 0.4) is 0 Å². The molecule has 5 atom stereocenters. The monoisotopic (exact) mass is 1510 g/mol. The van der Waals surface area contributed by atoms with Crippen molar-refractivity contribution in [2.75, 3.05) is 39.6 Å². The molecule has 0 spiro atoms. The number of hydrogen-bond donors (Lipinski definition) is 3. The lowest BCUT2D eigenvalue weighted by atomic mass is 10.0. The summed E-state index contributed by atoms with van der Waals surface area (Å²) >= 11 is 0. The number of aliphatic hydroxyl groups is 1. The van der Waals surface area contributed by atoms with Crippen LogP contribution < -0.4 is 0 Å². The number of carbonyl (C=O) groups excluding carboxylic acids is 4. The van der Waals surface area contributed by atoms with Gasteiger partial charge >= 0.3 is 39.5 Å². The van der Waals surface area contributed by atoms with Crippen molar-refractivity contribution >= 4 is 39.5 Å². The van der Waals surface area contributed by atoms with Crippen LogP contribution >= 0.6 is 15.6 Å². The second-order valence-corrected chi connectivity index (χ2v) is 33.1. The Kier molecular flexibility index (Phi) is 76.7.